The minimum atomic E-state index is -0.404. The topological polar surface area (TPSA) is 70.9 Å². The maximum atomic E-state index is 8.96. The van der Waals surface area contributed by atoms with E-state index in [0.29, 0.717) is 5.69 Å². The van der Waals surface area contributed by atoms with Crippen molar-refractivity contribution in [1.82, 2.24) is 10.2 Å². The standard InChI is InChI=1S/C14H16BN3O2/c1-13(2)14(3,4)20-15(19-13)9-5-6-10-11(7-9)17-18-12(10)8-16/h5-7H,1-4H3,(H,17,18). The molecule has 0 amide bonds. The first-order valence-electron chi connectivity index (χ1n) is 6.58. The molecule has 1 aliphatic heterocycles. The third kappa shape index (κ3) is 1.82. The first-order chi connectivity index (χ1) is 9.34. The van der Waals surface area contributed by atoms with Gasteiger partial charge in [0.2, 0.25) is 0 Å². The van der Waals surface area contributed by atoms with Crippen molar-refractivity contribution in [3.63, 3.8) is 0 Å². The van der Waals surface area contributed by atoms with Gasteiger partial charge in [-0.3, -0.25) is 5.10 Å². The van der Waals surface area contributed by atoms with E-state index in [9.17, 15) is 0 Å². The summed E-state index contributed by atoms with van der Waals surface area (Å²) in [5, 5.41) is 16.6. The largest absolute Gasteiger partial charge is 0.494 e. The summed E-state index contributed by atoms with van der Waals surface area (Å²) in [5.74, 6) is 0. The molecule has 1 saturated heterocycles. The molecular formula is C14H16BN3O2. The first-order valence-corrected chi connectivity index (χ1v) is 6.58. The maximum Gasteiger partial charge on any atom is 0.494 e. The van der Waals surface area contributed by atoms with Crippen LogP contribution < -0.4 is 5.46 Å². The molecule has 1 fully saturated rings. The summed E-state index contributed by atoms with van der Waals surface area (Å²) in [6, 6.07) is 7.77. The number of aromatic nitrogens is 2. The van der Waals surface area contributed by atoms with Crippen LogP contribution in [0.2, 0.25) is 0 Å². The molecule has 0 radical (unpaired) electrons. The molecule has 0 spiro atoms. The van der Waals surface area contributed by atoms with E-state index in [2.05, 4.69) is 16.3 Å². The number of hydrogen-bond donors (Lipinski definition) is 1. The average molecular weight is 269 g/mol. The van der Waals surface area contributed by atoms with Crippen molar-refractivity contribution < 1.29 is 9.31 Å². The lowest BCUT2D eigenvalue weighted by Gasteiger charge is -2.32. The van der Waals surface area contributed by atoms with Gasteiger partial charge in [0.05, 0.1) is 16.7 Å². The monoisotopic (exact) mass is 269 g/mol. The SMILES string of the molecule is CC1(C)OB(c2ccc3c(C#N)n[nH]c3c2)OC1(C)C. The van der Waals surface area contributed by atoms with Crippen LogP contribution in [0.5, 0.6) is 0 Å². The van der Waals surface area contributed by atoms with Gasteiger partial charge >= 0.3 is 7.12 Å². The fraction of sp³-hybridized carbons (Fsp3) is 0.429. The van der Waals surface area contributed by atoms with E-state index >= 15 is 0 Å². The van der Waals surface area contributed by atoms with Gasteiger partial charge in [-0.15, -0.1) is 0 Å². The molecule has 6 heteroatoms. The molecule has 2 aromatic rings. The minimum absolute atomic E-state index is 0.363. The molecule has 0 atom stereocenters. The Hall–Kier alpha value is -1.84. The van der Waals surface area contributed by atoms with Gasteiger partial charge in [0.25, 0.3) is 0 Å². The number of hydrogen-bond acceptors (Lipinski definition) is 4. The van der Waals surface area contributed by atoms with Crippen LogP contribution in [0.4, 0.5) is 0 Å². The Labute approximate surface area is 118 Å². The van der Waals surface area contributed by atoms with Crippen LogP contribution in [0.3, 0.4) is 0 Å². The molecule has 0 bridgehead atoms. The number of rotatable bonds is 1. The summed E-state index contributed by atoms with van der Waals surface area (Å²) in [6.07, 6.45) is 0. The Balaban J connectivity index is 1.99. The van der Waals surface area contributed by atoms with Crippen LogP contribution in [-0.2, 0) is 9.31 Å². The van der Waals surface area contributed by atoms with Crippen molar-refractivity contribution in [2.24, 2.45) is 0 Å². The van der Waals surface area contributed by atoms with E-state index in [1.54, 1.807) is 0 Å². The predicted molar refractivity (Wildman–Crippen MR) is 76.5 cm³/mol. The van der Waals surface area contributed by atoms with Crippen molar-refractivity contribution >= 4 is 23.5 Å². The lowest BCUT2D eigenvalue weighted by atomic mass is 9.79. The van der Waals surface area contributed by atoms with Crippen LogP contribution in [-0.4, -0.2) is 28.5 Å². The predicted octanol–water partition coefficient (Wildman–Crippen LogP) is 1.73. The Bertz CT molecular complexity index is 699. The quantitative estimate of drug-likeness (QED) is 0.800. The van der Waals surface area contributed by atoms with E-state index in [1.807, 2.05) is 45.9 Å². The second-order valence-electron chi connectivity index (χ2n) is 6.08. The Morgan fingerprint density at radius 1 is 1.20 bits per heavy atom. The van der Waals surface area contributed by atoms with Gasteiger partial charge in [0.15, 0.2) is 5.69 Å². The molecule has 1 aromatic heterocycles. The number of fused-ring (bicyclic) bond motifs is 1. The zero-order valence-electron chi connectivity index (χ0n) is 12.0. The second-order valence-corrected chi connectivity index (χ2v) is 6.08. The highest BCUT2D eigenvalue weighted by Gasteiger charge is 2.51. The number of nitrogens with zero attached hydrogens (tertiary/aromatic N) is 2. The van der Waals surface area contributed by atoms with Crippen LogP contribution in [0.25, 0.3) is 10.9 Å². The number of benzene rings is 1. The smallest absolute Gasteiger partial charge is 0.399 e. The van der Waals surface area contributed by atoms with Crippen LogP contribution >= 0.6 is 0 Å². The molecule has 0 saturated carbocycles. The Morgan fingerprint density at radius 3 is 2.45 bits per heavy atom. The molecule has 1 N–H and O–H groups in total. The van der Waals surface area contributed by atoms with Crippen molar-refractivity contribution in [2.75, 3.05) is 0 Å². The van der Waals surface area contributed by atoms with Crippen molar-refractivity contribution in [1.29, 1.82) is 5.26 Å². The summed E-state index contributed by atoms with van der Waals surface area (Å²) in [4.78, 5) is 0. The van der Waals surface area contributed by atoms with Gasteiger partial charge < -0.3 is 9.31 Å². The number of H-pyrrole nitrogens is 1. The van der Waals surface area contributed by atoms with Crippen LogP contribution in [0.15, 0.2) is 18.2 Å². The Morgan fingerprint density at radius 2 is 1.85 bits per heavy atom. The maximum absolute atomic E-state index is 8.96. The highest BCUT2D eigenvalue weighted by Crippen LogP contribution is 2.36. The number of nitriles is 1. The molecule has 1 aliphatic rings. The van der Waals surface area contributed by atoms with E-state index < -0.39 is 7.12 Å². The summed E-state index contributed by atoms with van der Waals surface area (Å²) in [5.41, 5.74) is 1.41. The summed E-state index contributed by atoms with van der Waals surface area (Å²) in [6.45, 7) is 8.09. The van der Waals surface area contributed by atoms with Crippen LogP contribution in [0, 0.1) is 11.3 Å². The van der Waals surface area contributed by atoms with Crippen molar-refractivity contribution in [3.8, 4) is 6.07 Å². The summed E-state index contributed by atoms with van der Waals surface area (Å²) >= 11 is 0. The average Bonchev–Trinajstić information content (AvgIpc) is 2.87. The third-order valence-corrected chi connectivity index (χ3v) is 4.22. The van der Waals surface area contributed by atoms with E-state index in [4.69, 9.17) is 14.6 Å². The van der Waals surface area contributed by atoms with Gasteiger partial charge in [0.1, 0.15) is 6.07 Å². The highest BCUT2D eigenvalue weighted by molar-refractivity contribution is 6.62. The lowest BCUT2D eigenvalue weighted by Crippen LogP contribution is -2.41. The van der Waals surface area contributed by atoms with Gasteiger partial charge in [0, 0.05) is 5.39 Å². The molecular weight excluding hydrogens is 253 g/mol. The van der Waals surface area contributed by atoms with Gasteiger partial charge in [-0.1, -0.05) is 12.1 Å². The summed E-state index contributed by atoms with van der Waals surface area (Å²) in [7, 11) is -0.404. The molecule has 1 aromatic carbocycles. The molecule has 20 heavy (non-hydrogen) atoms. The van der Waals surface area contributed by atoms with Gasteiger partial charge in [-0.25, -0.2) is 0 Å². The van der Waals surface area contributed by atoms with E-state index in [0.717, 1.165) is 16.4 Å². The van der Waals surface area contributed by atoms with Crippen molar-refractivity contribution in [2.45, 2.75) is 38.9 Å². The normalized spacial score (nSPS) is 20.2. The zero-order valence-corrected chi connectivity index (χ0v) is 12.0. The number of nitrogens with one attached hydrogen (secondary N) is 1. The molecule has 0 unspecified atom stereocenters. The van der Waals surface area contributed by atoms with E-state index in [-0.39, 0.29) is 11.2 Å². The highest BCUT2D eigenvalue weighted by atomic mass is 16.7. The molecule has 102 valence electrons. The first kappa shape index (κ1) is 13.2. The minimum Gasteiger partial charge on any atom is -0.399 e. The molecule has 3 rings (SSSR count). The molecule has 2 heterocycles. The fourth-order valence-electron chi connectivity index (χ4n) is 2.25. The Kier molecular flexibility index (Phi) is 2.68. The van der Waals surface area contributed by atoms with Gasteiger partial charge in [-0.2, -0.15) is 10.4 Å². The summed E-state index contributed by atoms with van der Waals surface area (Å²) < 4.78 is 12.0. The zero-order chi connectivity index (χ0) is 14.5. The van der Waals surface area contributed by atoms with Gasteiger partial charge in [-0.05, 0) is 39.2 Å². The third-order valence-electron chi connectivity index (χ3n) is 4.22. The lowest BCUT2D eigenvalue weighted by molar-refractivity contribution is 0.00578. The van der Waals surface area contributed by atoms with E-state index in [1.165, 1.54) is 0 Å². The van der Waals surface area contributed by atoms with Crippen molar-refractivity contribution in [3.05, 3.63) is 23.9 Å². The fourth-order valence-corrected chi connectivity index (χ4v) is 2.25. The number of aromatic amines is 1. The molecule has 0 aliphatic carbocycles. The molecule has 5 nitrogen and oxygen atoms in total. The second kappa shape index (κ2) is 4.08. The van der Waals surface area contributed by atoms with Crippen LogP contribution in [0.1, 0.15) is 33.4 Å².